The lowest BCUT2D eigenvalue weighted by molar-refractivity contribution is -0.122. The van der Waals surface area contributed by atoms with Gasteiger partial charge in [0, 0.05) is 10.2 Å². The first-order chi connectivity index (χ1) is 8.33. The van der Waals surface area contributed by atoms with Gasteiger partial charge in [-0.2, -0.15) is 0 Å². The van der Waals surface area contributed by atoms with E-state index < -0.39 is 5.54 Å². The number of hydrogen-bond donors (Lipinski definition) is 2. The average molecular weight is 313 g/mol. The highest BCUT2D eigenvalue weighted by Crippen LogP contribution is 2.23. The van der Waals surface area contributed by atoms with E-state index in [2.05, 4.69) is 35.1 Å². The summed E-state index contributed by atoms with van der Waals surface area (Å²) in [5.74, 6) is 0.237. The summed E-state index contributed by atoms with van der Waals surface area (Å²) in [6.07, 6.45) is 1.69. The minimum atomic E-state index is -0.696. The largest absolute Gasteiger partial charge is 0.371 e. The quantitative estimate of drug-likeness (QED) is 0.844. The molecule has 1 aromatic rings. The van der Waals surface area contributed by atoms with Crippen LogP contribution in [0.2, 0.25) is 0 Å². The van der Waals surface area contributed by atoms with E-state index in [1.165, 1.54) is 0 Å². The number of hydrogen-bond acceptors (Lipinski definition) is 2. The van der Waals surface area contributed by atoms with Crippen molar-refractivity contribution in [3.8, 4) is 0 Å². The normalized spacial score (nSPS) is 14.3. The van der Waals surface area contributed by atoms with E-state index in [1.54, 1.807) is 0 Å². The molecule has 3 N–H and O–H groups in total. The molecule has 4 heteroatoms. The summed E-state index contributed by atoms with van der Waals surface area (Å²) in [6, 6.07) is 7.74. The zero-order valence-corrected chi connectivity index (χ0v) is 12.8. The molecule has 0 spiro atoms. The topological polar surface area (TPSA) is 55.1 Å². The fraction of sp³-hybridized carbons (Fsp3) is 0.500. The third-order valence-corrected chi connectivity index (χ3v) is 3.56. The van der Waals surface area contributed by atoms with Gasteiger partial charge < -0.3 is 11.1 Å². The lowest BCUT2D eigenvalue weighted by atomic mass is 9.91. The highest BCUT2D eigenvalue weighted by atomic mass is 79.9. The van der Waals surface area contributed by atoms with E-state index in [9.17, 15) is 4.79 Å². The third kappa shape index (κ3) is 4.33. The van der Waals surface area contributed by atoms with Crippen molar-refractivity contribution in [2.45, 2.75) is 39.2 Å². The summed E-state index contributed by atoms with van der Waals surface area (Å²) in [7, 11) is 0. The Morgan fingerprint density at radius 2 is 1.94 bits per heavy atom. The summed E-state index contributed by atoms with van der Waals surface area (Å²) in [5, 5.41) is 3.24. The van der Waals surface area contributed by atoms with Crippen molar-refractivity contribution in [1.29, 1.82) is 0 Å². The molecule has 1 aromatic carbocycles. The zero-order chi connectivity index (χ0) is 13.8. The fourth-order valence-corrected chi connectivity index (χ4v) is 1.94. The van der Waals surface area contributed by atoms with E-state index in [1.807, 2.05) is 31.2 Å². The summed E-state index contributed by atoms with van der Waals surface area (Å²) >= 11 is 3.38. The molecule has 0 aliphatic rings. The summed E-state index contributed by atoms with van der Waals surface area (Å²) in [5.41, 5.74) is 5.73. The smallest absolute Gasteiger partial charge is 0.242 e. The van der Waals surface area contributed by atoms with E-state index >= 15 is 0 Å². The van der Waals surface area contributed by atoms with E-state index in [-0.39, 0.29) is 5.91 Å². The number of benzene rings is 1. The first kappa shape index (κ1) is 15.0. The van der Waals surface area contributed by atoms with Crippen molar-refractivity contribution < 1.29 is 4.79 Å². The number of carbonyl (C=O) groups excluding carboxylic acids is 1. The molecule has 3 nitrogen and oxygen atoms in total. The van der Waals surface area contributed by atoms with Crippen LogP contribution < -0.4 is 11.1 Å². The molecule has 1 rings (SSSR count). The molecule has 100 valence electrons. The Morgan fingerprint density at radius 1 is 1.39 bits per heavy atom. The van der Waals surface area contributed by atoms with E-state index in [0.717, 1.165) is 23.0 Å². The standard InChI is InChI=1S/C14H21BrN2O/c1-10(2)8-9-14(3,13(16)18)17-12-6-4-11(15)5-7-12/h4-7,10,17H,8-9H2,1-3H3,(H2,16,18). The molecule has 0 aliphatic carbocycles. The number of anilines is 1. The number of amides is 1. The molecule has 1 unspecified atom stereocenters. The van der Waals surface area contributed by atoms with Crippen LogP contribution >= 0.6 is 15.9 Å². The molecule has 1 atom stereocenters. The van der Waals surface area contributed by atoms with Crippen LogP contribution in [0, 0.1) is 5.92 Å². The Bertz CT molecular complexity index is 403. The van der Waals surface area contributed by atoms with Crippen LogP contribution in [-0.2, 0) is 4.79 Å². The van der Waals surface area contributed by atoms with Crippen molar-refractivity contribution >= 4 is 27.5 Å². The molecule has 0 saturated carbocycles. The molecule has 18 heavy (non-hydrogen) atoms. The second-order valence-electron chi connectivity index (χ2n) is 5.26. The van der Waals surface area contributed by atoms with Crippen molar-refractivity contribution in [3.63, 3.8) is 0 Å². The zero-order valence-electron chi connectivity index (χ0n) is 11.2. The summed E-state index contributed by atoms with van der Waals surface area (Å²) in [4.78, 5) is 11.7. The molecular formula is C14H21BrN2O. The molecule has 0 aromatic heterocycles. The van der Waals surface area contributed by atoms with Crippen LogP contribution in [0.25, 0.3) is 0 Å². The van der Waals surface area contributed by atoms with Crippen LogP contribution in [0.1, 0.15) is 33.6 Å². The minimum absolute atomic E-state index is 0.314. The molecule has 0 radical (unpaired) electrons. The lowest BCUT2D eigenvalue weighted by Crippen LogP contribution is -2.48. The second-order valence-corrected chi connectivity index (χ2v) is 6.18. The van der Waals surface area contributed by atoms with Gasteiger partial charge in [-0.25, -0.2) is 0 Å². The maximum Gasteiger partial charge on any atom is 0.242 e. The Hall–Kier alpha value is -1.03. The highest BCUT2D eigenvalue weighted by molar-refractivity contribution is 9.10. The Labute approximate surface area is 117 Å². The lowest BCUT2D eigenvalue weighted by Gasteiger charge is -2.29. The third-order valence-electron chi connectivity index (χ3n) is 3.03. The van der Waals surface area contributed by atoms with E-state index in [0.29, 0.717) is 5.92 Å². The highest BCUT2D eigenvalue weighted by Gasteiger charge is 2.30. The Kier molecular flexibility index (Phi) is 5.20. The van der Waals surface area contributed by atoms with Gasteiger partial charge in [0.2, 0.25) is 5.91 Å². The molecule has 0 aliphatic heterocycles. The Morgan fingerprint density at radius 3 is 2.39 bits per heavy atom. The SMILES string of the molecule is CC(C)CCC(C)(Nc1ccc(Br)cc1)C(N)=O. The number of carbonyl (C=O) groups is 1. The maximum absolute atomic E-state index is 11.7. The summed E-state index contributed by atoms with van der Waals surface area (Å²) in [6.45, 7) is 6.14. The van der Waals surface area contributed by atoms with Crippen LogP contribution in [0.3, 0.4) is 0 Å². The van der Waals surface area contributed by atoms with Crippen molar-refractivity contribution in [3.05, 3.63) is 28.7 Å². The predicted octanol–water partition coefficient (Wildman–Crippen LogP) is 3.54. The van der Waals surface area contributed by atoms with Gasteiger partial charge in [-0.3, -0.25) is 4.79 Å². The summed E-state index contributed by atoms with van der Waals surface area (Å²) < 4.78 is 1.01. The van der Waals surface area contributed by atoms with Gasteiger partial charge in [0.25, 0.3) is 0 Å². The first-order valence-electron chi connectivity index (χ1n) is 6.17. The minimum Gasteiger partial charge on any atom is -0.371 e. The molecule has 0 bridgehead atoms. The predicted molar refractivity (Wildman–Crippen MR) is 79.4 cm³/mol. The molecule has 0 fully saturated rings. The van der Waals surface area contributed by atoms with Gasteiger partial charge in [-0.1, -0.05) is 29.8 Å². The van der Waals surface area contributed by atoms with Crippen LogP contribution in [0.15, 0.2) is 28.7 Å². The van der Waals surface area contributed by atoms with Gasteiger partial charge >= 0.3 is 0 Å². The van der Waals surface area contributed by atoms with Gasteiger partial charge in [-0.15, -0.1) is 0 Å². The van der Waals surface area contributed by atoms with Gasteiger partial charge in [0.15, 0.2) is 0 Å². The molecule has 0 heterocycles. The van der Waals surface area contributed by atoms with Gasteiger partial charge in [0.05, 0.1) is 0 Å². The fourth-order valence-electron chi connectivity index (χ4n) is 1.68. The van der Waals surface area contributed by atoms with Gasteiger partial charge in [-0.05, 0) is 49.9 Å². The van der Waals surface area contributed by atoms with E-state index in [4.69, 9.17) is 5.73 Å². The van der Waals surface area contributed by atoms with Crippen LogP contribution in [-0.4, -0.2) is 11.4 Å². The monoisotopic (exact) mass is 312 g/mol. The van der Waals surface area contributed by atoms with Crippen LogP contribution in [0.4, 0.5) is 5.69 Å². The first-order valence-corrected chi connectivity index (χ1v) is 6.96. The average Bonchev–Trinajstić information content (AvgIpc) is 2.29. The maximum atomic E-state index is 11.7. The molecule has 0 saturated heterocycles. The molecular weight excluding hydrogens is 292 g/mol. The van der Waals surface area contributed by atoms with Crippen molar-refractivity contribution in [1.82, 2.24) is 0 Å². The number of halogens is 1. The molecule has 1 amide bonds. The second kappa shape index (κ2) is 6.23. The Balaban J connectivity index is 2.79. The number of nitrogens with two attached hydrogens (primary N) is 1. The number of rotatable bonds is 6. The van der Waals surface area contributed by atoms with Crippen molar-refractivity contribution in [2.75, 3.05) is 5.32 Å². The van der Waals surface area contributed by atoms with Crippen LogP contribution in [0.5, 0.6) is 0 Å². The van der Waals surface area contributed by atoms with Crippen molar-refractivity contribution in [2.24, 2.45) is 11.7 Å². The van der Waals surface area contributed by atoms with Gasteiger partial charge in [0.1, 0.15) is 5.54 Å². The number of primary amides is 1. The number of nitrogens with one attached hydrogen (secondary N) is 1.